The van der Waals surface area contributed by atoms with Crippen LogP contribution < -0.4 is 0 Å². The van der Waals surface area contributed by atoms with Crippen LogP contribution >= 0.6 is 0 Å². The number of hydrogen-bond acceptors (Lipinski definition) is 5. The fourth-order valence-electron chi connectivity index (χ4n) is 2.81. The van der Waals surface area contributed by atoms with E-state index in [1.54, 1.807) is 6.07 Å². The highest BCUT2D eigenvalue weighted by molar-refractivity contribution is 5.38. The van der Waals surface area contributed by atoms with Gasteiger partial charge in [0.1, 0.15) is 17.3 Å². The van der Waals surface area contributed by atoms with Crippen molar-refractivity contribution < 1.29 is 10.2 Å². The lowest BCUT2D eigenvalue weighted by Crippen LogP contribution is -2.32. The normalized spacial score (nSPS) is 15.4. The first kappa shape index (κ1) is 15.7. The Balaban J connectivity index is 1.77. The molecule has 0 unspecified atom stereocenters. The van der Waals surface area contributed by atoms with Gasteiger partial charge in [-0.3, -0.25) is 4.90 Å². The quantitative estimate of drug-likeness (QED) is 0.834. The van der Waals surface area contributed by atoms with Gasteiger partial charge >= 0.3 is 0 Å². The van der Waals surface area contributed by atoms with Crippen LogP contribution in [0.4, 0.5) is 0 Å². The fraction of sp³-hybridized carbons (Fsp3) is 0.444. The first-order valence-electron chi connectivity index (χ1n) is 7.91. The van der Waals surface area contributed by atoms with E-state index in [4.69, 9.17) is 4.98 Å². The second-order valence-electron chi connectivity index (χ2n) is 7.19. The second-order valence-corrected chi connectivity index (χ2v) is 7.19. The first-order chi connectivity index (χ1) is 10.8. The second kappa shape index (κ2) is 5.81. The SMILES string of the molecule is CC(C)(C)c1ncc2c(n1)CCN(Cc1cc(O)ccc1O)C2. The average molecular weight is 313 g/mol. The van der Waals surface area contributed by atoms with E-state index in [0.717, 1.165) is 42.2 Å². The van der Waals surface area contributed by atoms with Crippen molar-refractivity contribution in [2.75, 3.05) is 6.54 Å². The van der Waals surface area contributed by atoms with Crippen molar-refractivity contribution in [3.05, 3.63) is 47.0 Å². The molecule has 2 aromatic rings. The van der Waals surface area contributed by atoms with Crippen molar-refractivity contribution in [3.63, 3.8) is 0 Å². The van der Waals surface area contributed by atoms with Gasteiger partial charge in [-0.2, -0.15) is 0 Å². The van der Waals surface area contributed by atoms with Gasteiger partial charge in [0.05, 0.1) is 0 Å². The molecule has 23 heavy (non-hydrogen) atoms. The summed E-state index contributed by atoms with van der Waals surface area (Å²) in [6.45, 7) is 8.59. The Kier molecular flexibility index (Phi) is 3.98. The van der Waals surface area contributed by atoms with Crippen LogP contribution in [0.3, 0.4) is 0 Å². The molecule has 5 heteroatoms. The van der Waals surface area contributed by atoms with E-state index in [0.29, 0.717) is 6.54 Å². The van der Waals surface area contributed by atoms with Crippen molar-refractivity contribution in [1.29, 1.82) is 0 Å². The Morgan fingerprint density at radius 1 is 1.22 bits per heavy atom. The molecule has 0 bridgehead atoms. The van der Waals surface area contributed by atoms with Crippen LogP contribution in [0.15, 0.2) is 24.4 Å². The van der Waals surface area contributed by atoms with E-state index < -0.39 is 0 Å². The van der Waals surface area contributed by atoms with Gasteiger partial charge in [-0.15, -0.1) is 0 Å². The maximum atomic E-state index is 9.92. The lowest BCUT2D eigenvalue weighted by Gasteiger charge is -2.29. The minimum atomic E-state index is -0.0421. The van der Waals surface area contributed by atoms with E-state index in [9.17, 15) is 10.2 Å². The Labute approximate surface area is 136 Å². The Bertz CT molecular complexity index is 723. The number of aromatic hydroxyl groups is 2. The molecule has 1 aliphatic heterocycles. The number of fused-ring (bicyclic) bond motifs is 1. The molecule has 0 radical (unpaired) electrons. The maximum absolute atomic E-state index is 9.92. The average Bonchev–Trinajstić information content (AvgIpc) is 2.49. The summed E-state index contributed by atoms with van der Waals surface area (Å²) >= 11 is 0. The van der Waals surface area contributed by atoms with Crippen molar-refractivity contribution >= 4 is 0 Å². The number of hydrogen-bond donors (Lipinski definition) is 2. The van der Waals surface area contributed by atoms with Gasteiger partial charge in [0.15, 0.2) is 0 Å². The highest BCUT2D eigenvalue weighted by atomic mass is 16.3. The van der Waals surface area contributed by atoms with E-state index >= 15 is 0 Å². The summed E-state index contributed by atoms with van der Waals surface area (Å²) < 4.78 is 0. The van der Waals surface area contributed by atoms with Crippen molar-refractivity contribution in [3.8, 4) is 11.5 Å². The molecular formula is C18H23N3O2. The summed E-state index contributed by atoms with van der Waals surface area (Å²) in [5.74, 6) is 1.27. The zero-order chi connectivity index (χ0) is 16.6. The summed E-state index contributed by atoms with van der Waals surface area (Å²) in [6, 6.07) is 4.64. The van der Waals surface area contributed by atoms with E-state index in [1.807, 2.05) is 6.20 Å². The van der Waals surface area contributed by atoms with Crippen LogP contribution in [-0.4, -0.2) is 31.6 Å². The largest absolute Gasteiger partial charge is 0.508 e. The Hall–Kier alpha value is -2.14. The monoisotopic (exact) mass is 313 g/mol. The number of rotatable bonds is 2. The molecule has 0 atom stereocenters. The van der Waals surface area contributed by atoms with Crippen LogP contribution in [0.1, 0.15) is 43.4 Å². The Morgan fingerprint density at radius 3 is 2.74 bits per heavy atom. The van der Waals surface area contributed by atoms with Crippen LogP contribution in [0, 0.1) is 0 Å². The van der Waals surface area contributed by atoms with E-state index in [1.165, 1.54) is 12.1 Å². The van der Waals surface area contributed by atoms with Crippen molar-refractivity contribution in [2.24, 2.45) is 0 Å². The first-order valence-corrected chi connectivity index (χ1v) is 7.91. The summed E-state index contributed by atoms with van der Waals surface area (Å²) in [4.78, 5) is 11.5. The minimum Gasteiger partial charge on any atom is -0.508 e. The van der Waals surface area contributed by atoms with E-state index in [-0.39, 0.29) is 16.9 Å². The number of phenolic OH excluding ortho intramolecular Hbond substituents is 2. The molecule has 5 nitrogen and oxygen atoms in total. The van der Waals surface area contributed by atoms with Gasteiger partial charge in [0.25, 0.3) is 0 Å². The zero-order valence-electron chi connectivity index (χ0n) is 13.9. The molecule has 1 aliphatic rings. The van der Waals surface area contributed by atoms with Gasteiger partial charge in [-0.05, 0) is 18.2 Å². The number of nitrogens with zero attached hydrogens (tertiary/aromatic N) is 3. The topological polar surface area (TPSA) is 69.5 Å². The lowest BCUT2D eigenvalue weighted by molar-refractivity contribution is 0.238. The summed E-state index contributed by atoms with van der Waals surface area (Å²) in [5.41, 5.74) is 2.96. The van der Waals surface area contributed by atoms with Gasteiger partial charge in [0, 0.05) is 54.5 Å². The summed E-state index contributed by atoms with van der Waals surface area (Å²) in [5, 5.41) is 19.5. The smallest absolute Gasteiger partial charge is 0.133 e. The van der Waals surface area contributed by atoms with Crippen LogP contribution in [0.25, 0.3) is 0 Å². The number of benzene rings is 1. The molecule has 122 valence electrons. The van der Waals surface area contributed by atoms with Gasteiger partial charge in [-0.1, -0.05) is 20.8 Å². The van der Waals surface area contributed by atoms with Crippen LogP contribution in [-0.2, 0) is 24.9 Å². The molecular weight excluding hydrogens is 290 g/mol. The van der Waals surface area contributed by atoms with Gasteiger partial charge in [0.2, 0.25) is 0 Å². The van der Waals surface area contributed by atoms with Crippen LogP contribution in [0.5, 0.6) is 11.5 Å². The highest BCUT2D eigenvalue weighted by Crippen LogP contribution is 2.27. The lowest BCUT2D eigenvalue weighted by atomic mass is 9.95. The highest BCUT2D eigenvalue weighted by Gasteiger charge is 2.23. The van der Waals surface area contributed by atoms with E-state index in [2.05, 4.69) is 30.7 Å². The molecule has 0 spiro atoms. The number of phenols is 2. The third kappa shape index (κ3) is 3.45. The molecule has 0 aliphatic carbocycles. The maximum Gasteiger partial charge on any atom is 0.133 e. The fourth-order valence-corrected chi connectivity index (χ4v) is 2.81. The zero-order valence-corrected chi connectivity index (χ0v) is 13.9. The third-order valence-corrected chi connectivity index (χ3v) is 4.14. The van der Waals surface area contributed by atoms with Gasteiger partial charge in [-0.25, -0.2) is 9.97 Å². The predicted octanol–water partition coefficient (Wildman–Crippen LogP) is 2.74. The molecule has 1 aromatic heterocycles. The molecule has 0 saturated heterocycles. The molecule has 2 N–H and O–H groups in total. The molecule has 1 aromatic carbocycles. The summed E-state index contributed by atoms with van der Waals surface area (Å²) in [7, 11) is 0. The standard InChI is InChI=1S/C18H23N3O2/c1-18(2,3)17-19-9-13-11-21(7-6-15(13)20-17)10-12-8-14(22)4-5-16(12)23/h4-5,8-9,22-23H,6-7,10-11H2,1-3H3. The molecule has 3 rings (SSSR count). The minimum absolute atomic E-state index is 0.0421. The summed E-state index contributed by atoms with van der Waals surface area (Å²) in [6.07, 6.45) is 2.80. The third-order valence-electron chi connectivity index (χ3n) is 4.14. The van der Waals surface area contributed by atoms with Crippen molar-refractivity contribution in [1.82, 2.24) is 14.9 Å². The van der Waals surface area contributed by atoms with Gasteiger partial charge < -0.3 is 10.2 Å². The predicted molar refractivity (Wildman–Crippen MR) is 88.3 cm³/mol. The molecule has 2 heterocycles. The number of aromatic nitrogens is 2. The van der Waals surface area contributed by atoms with Crippen LogP contribution in [0.2, 0.25) is 0 Å². The molecule has 0 saturated carbocycles. The van der Waals surface area contributed by atoms with Crippen molar-refractivity contribution in [2.45, 2.75) is 45.7 Å². The molecule has 0 fully saturated rings. The Morgan fingerprint density at radius 2 is 2.00 bits per heavy atom. The molecule has 0 amide bonds.